The Morgan fingerprint density at radius 2 is 1.92 bits per heavy atom. The zero-order valence-corrected chi connectivity index (χ0v) is 14.2. The molecule has 1 aromatic heterocycles. The number of amides is 1. The lowest BCUT2D eigenvalue weighted by Crippen LogP contribution is -2.36. The van der Waals surface area contributed by atoms with Crippen LogP contribution in [0.5, 0.6) is 0 Å². The van der Waals surface area contributed by atoms with E-state index in [-0.39, 0.29) is 24.8 Å². The molecule has 1 unspecified atom stereocenters. The highest BCUT2D eigenvalue weighted by molar-refractivity contribution is 7.85. The summed E-state index contributed by atoms with van der Waals surface area (Å²) < 4.78 is 18.3. The number of para-hydroxylation sites is 1. The molecule has 1 atom stereocenters. The summed E-state index contributed by atoms with van der Waals surface area (Å²) in [5, 5.41) is 10.8. The van der Waals surface area contributed by atoms with Gasteiger partial charge in [-0.15, -0.1) is 0 Å². The fraction of sp³-hybridized carbons (Fsp3) is 0.278. The number of aliphatic hydroxyl groups is 1. The van der Waals surface area contributed by atoms with Gasteiger partial charge >= 0.3 is 0 Å². The molecule has 1 heterocycles. The third kappa shape index (κ3) is 3.20. The highest BCUT2D eigenvalue weighted by Gasteiger charge is 2.17. The van der Waals surface area contributed by atoms with Crippen molar-refractivity contribution in [2.45, 2.75) is 11.8 Å². The summed E-state index contributed by atoms with van der Waals surface area (Å²) in [6.45, 7) is 2.49. The van der Waals surface area contributed by atoms with Gasteiger partial charge in [-0.2, -0.15) is 0 Å². The minimum Gasteiger partial charge on any atom is -0.456 e. The molecule has 0 fully saturated rings. The summed E-state index contributed by atoms with van der Waals surface area (Å²) in [5.41, 5.74) is 1.52. The first-order valence-corrected chi connectivity index (χ1v) is 9.14. The van der Waals surface area contributed by atoms with Crippen LogP contribution in [0.15, 0.2) is 51.8 Å². The van der Waals surface area contributed by atoms with Gasteiger partial charge in [-0.3, -0.25) is 9.00 Å². The monoisotopic (exact) mass is 345 g/mol. The first-order chi connectivity index (χ1) is 11.6. The Morgan fingerprint density at radius 1 is 1.17 bits per heavy atom. The van der Waals surface area contributed by atoms with Crippen molar-refractivity contribution in [3.63, 3.8) is 0 Å². The quantitative estimate of drug-likeness (QED) is 0.745. The minimum atomic E-state index is -1.44. The number of hydrogen-bond acceptors (Lipinski definition) is 4. The van der Waals surface area contributed by atoms with Crippen molar-refractivity contribution in [3.05, 3.63) is 42.5 Å². The number of carbonyl (C=O) groups is 1. The summed E-state index contributed by atoms with van der Waals surface area (Å²) in [7, 11) is -1.44. The van der Waals surface area contributed by atoms with E-state index in [1.165, 1.54) is 4.90 Å². The van der Waals surface area contributed by atoms with Gasteiger partial charge in [0.15, 0.2) is 0 Å². The van der Waals surface area contributed by atoms with Gasteiger partial charge in [0.2, 0.25) is 5.91 Å². The van der Waals surface area contributed by atoms with Gasteiger partial charge in [-0.25, -0.2) is 0 Å². The number of nitrogens with zero attached hydrogens (tertiary/aromatic N) is 1. The van der Waals surface area contributed by atoms with Crippen molar-refractivity contribution < 1.29 is 18.5 Å². The first kappa shape index (κ1) is 16.7. The normalized spacial score (nSPS) is 12.6. The average Bonchev–Trinajstić information content (AvgIpc) is 2.97. The fourth-order valence-corrected chi connectivity index (χ4v) is 3.76. The Hall–Kier alpha value is -2.18. The molecule has 1 N–H and O–H groups in total. The Morgan fingerprint density at radius 3 is 2.67 bits per heavy atom. The van der Waals surface area contributed by atoms with Crippen LogP contribution in [0, 0.1) is 0 Å². The van der Waals surface area contributed by atoms with E-state index in [1.54, 1.807) is 12.1 Å². The van der Waals surface area contributed by atoms with Crippen molar-refractivity contribution in [2.75, 3.05) is 25.4 Å². The predicted molar refractivity (Wildman–Crippen MR) is 94.3 cm³/mol. The minimum absolute atomic E-state index is 0.0882. The van der Waals surface area contributed by atoms with Crippen molar-refractivity contribution in [1.29, 1.82) is 0 Å². The van der Waals surface area contributed by atoms with Crippen LogP contribution in [0.25, 0.3) is 21.9 Å². The lowest BCUT2D eigenvalue weighted by Gasteiger charge is -2.19. The number of hydrogen-bond donors (Lipinski definition) is 1. The summed E-state index contributed by atoms with van der Waals surface area (Å²) in [6.07, 6.45) is 0. The molecule has 3 aromatic rings. The molecule has 3 rings (SSSR count). The molecule has 2 aromatic carbocycles. The number of carbonyl (C=O) groups excluding carboxylic acids is 1. The molecular weight excluding hydrogens is 326 g/mol. The van der Waals surface area contributed by atoms with E-state index in [0.717, 1.165) is 21.9 Å². The summed E-state index contributed by atoms with van der Waals surface area (Å²) in [4.78, 5) is 14.3. The maximum atomic E-state index is 12.6. The standard InChI is InChI=1S/C18H19NO4S/c1-2-19(9-10-20)18(21)12-24(22)13-7-8-17-15(11-13)14-5-3-4-6-16(14)23-17/h3-8,11,20H,2,9-10,12H2,1H3. The molecule has 126 valence electrons. The van der Waals surface area contributed by atoms with Gasteiger partial charge in [-0.05, 0) is 31.2 Å². The van der Waals surface area contributed by atoms with Crippen LogP contribution in [0.2, 0.25) is 0 Å². The van der Waals surface area contributed by atoms with E-state index in [9.17, 15) is 9.00 Å². The zero-order valence-electron chi connectivity index (χ0n) is 13.4. The molecule has 0 aliphatic rings. The van der Waals surface area contributed by atoms with Gasteiger partial charge in [0.1, 0.15) is 16.9 Å². The van der Waals surface area contributed by atoms with Gasteiger partial charge in [0.25, 0.3) is 0 Å². The Bertz CT molecular complexity index is 902. The number of aliphatic hydroxyl groups excluding tert-OH is 1. The van der Waals surface area contributed by atoms with Crippen LogP contribution in [-0.4, -0.2) is 45.6 Å². The molecule has 0 bridgehead atoms. The summed E-state index contributed by atoms with van der Waals surface area (Å²) >= 11 is 0. The number of benzene rings is 2. The average molecular weight is 345 g/mol. The molecule has 0 aliphatic heterocycles. The lowest BCUT2D eigenvalue weighted by atomic mass is 10.1. The molecule has 5 nitrogen and oxygen atoms in total. The largest absolute Gasteiger partial charge is 0.456 e. The summed E-state index contributed by atoms with van der Waals surface area (Å²) in [6, 6.07) is 13.0. The van der Waals surface area contributed by atoms with E-state index in [1.807, 2.05) is 37.3 Å². The van der Waals surface area contributed by atoms with Crippen LogP contribution in [0.1, 0.15) is 6.92 Å². The van der Waals surface area contributed by atoms with Crippen molar-refractivity contribution in [3.8, 4) is 0 Å². The Kier molecular flexibility index (Phi) is 4.97. The Balaban J connectivity index is 1.87. The molecule has 0 saturated carbocycles. The van der Waals surface area contributed by atoms with Crippen molar-refractivity contribution in [1.82, 2.24) is 4.90 Å². The van der Waals surface area contributed by atoms with E-state index in [0.29, 0.717) is 11.4 Å². The van der Waals surface area contributed by atoms with Gasteiger partial charge < -0.3 is 14.4 Å². The number of rotatable bonds is 6. The number of furan rings is 1. The summed E-state index contributed by atoms with van der Waals surface area (Å²) in [5.74, 6) is -0.309. The van der Waals surface area contributed by atoms with Crippen molar-refractivity contribution in [2.24, 2.45) is 0 Å². The van der Waals surface area contributed by atoms with Gasteiger partial charge in [0, 0.05) is 28.8 Å². The molecule has 0 spiro atoms. The third-order valence-corrected chi connectivity index (χ3v) is 5.26. The van der Waals surface area contributed by atoms with E-state index >= 15 is 0 Å². The first-order valence-electron chi connectivity index (χ1n) is 7.82. The topological polar surface area (TPSA) is 70.8 Å². The maximum Gasteiger partial charge on any atom is 0.235 e. The smallest absolute Gasteiger partial charge is 0.235 e. The molecule has 1 amide bonds. The van der Waals surface area contributed by atoms with Gasteiger partial charge in [0.05, 0.1) is 17.4 Å². The maximum absolute atomic E-state index is 12.6. The van der Waals surface area contributed by atoms with E-state index in [2.05, 4.69) is 0 Å². The zero-order chi connectivity index (χ0) is 17.1. The second kappa shape index (κ2) is 7.15. The van der Waals surface area contributed by atoms with Crippen LogP contribution in [0.3, 0.4) is 0 Å². The highest BCUT2D eigenvalue weighted by Crippen LogP contribution is 2.29. The predicted octanol–water partition coefficient (Wildman–Crippen LogP) is 2.53. The SMILES string of the molecule is CCN(CCO)C(=O)CS(=O)c1ccc2oc3ccccc3c2c1. The van der Waals surface area contributed by atoms with E-state index in [4.69, 9.17) is 9.52 Å². The molecule has 0 aliphatic carbocycles. The lowest BCUT2D eigenvalue weighted by molar-refractivity contribution is -0.128. The molecular formula is C18H19NO4S. The van der Waals surface area contributed by atoms with E-state index < -0.39 is 10.8 Å². The molecule has 24 heavy (non-hydrogen) atoms. The van der Waals surface area contributed by atoms with Crippen LogP contribution < -0.4 is 0 Å². The number of fused-ring (bicyclic) bond motifs is 3. The second-order valence-corrected chi connectivity index (χ2v) is 6.89. The molecule has 0 radical (unpaired) electrons. The Labute approximate surface area is 142 Å². The van der Waals surface area contributed by atoms with Crippen LogP contribution in [0.4, 0.5) is 0 Å². The second-order valence-electron chi connectivity index (χ2n) is 5.44. The van der Waals surface area contributed by atoms with Gasteiger partial charge in [-0.1, -0.05) is 18.2 Å². The molecule has 0 saturated heterocycles. The van der Waals surface area contributed by atoms with Crippen LogP contribution >= 0.6 is 0 Å². The number of likely N-dealkylation sites (N-methyl/N-ethyl adjacent to an activating group) is 1. The van der Waals surface area contributed by atoms with Crippen molar-refractivity contribution >= 4 is 38.6 Å². The molecule has 6 heteroatoms. The van der Waals surface area contributed by atoms with Crippen LogP contribution in [-0.2, 0) is 15.6 Å². The fourth-order valence-electron chi connectivity index (χ4n) is 2.71. The highest BCUT2D eigenvalue weighted by atomic mass is 32.2. The third-order valence-electron chi connectivity index (χ3n) is 3.97.